The Bertz CT molecular complexity index is 511. The average Bonchev–Trinajstić information content (AvgIpc) is 3.04. The zero-order chi connectivity index (χ0) is 14.6. The fourth-order valence-corrected chi connectivity index (χ4v) is 3.94. The van der Waals surface area contributed by atoms with Gasteiger partial charge in [0.2, 0.25) is 0 Å². The van der Waals surface area contributed by atoms with Crippen molar-refractivity contribution in [2.75, 3.05) is 6.54 Å². The third-order valence-electron chi connectivity index (χ3n) is 3.29. The number of thiophene rings is 1. The van der Waals surface area contributed by atoms with Crippen molar-refractivity contribution in [2.45, 2.75) is 52.0 Å². The van der Waals surface area contributed by atoms with Crippen LogP contribution in [0.25, 0.3) is 0 Å². The summed E-state index contributed by atoms with van der Waals surface area (Å²) in [5.74, 6) is 0. The standard InChI is InChI=1S/C15H23N3S2/c1-5-16-12(7-6-11-8-9-19-10-11)13-14(15(2,3)4)17-18-20-13/h8-10,12,16H,5-7H2,1-4H3. The van der Waals surface area contributed by atoms with E-state index < -0.39 is 0 Å². The van der Waals surface area contributed by atoms with E-state index >= 15 is 0 Å². The fourth-order valence-electron chi connectivity index (χ4n) is 2.26. The lowest BCUT2D eigenvalue weighted by molar-refractivity contribution is 0.494. The Kier molecular flexibility index (Phi) is 5.29. The third-order valence-corrected chi connectivity index (χ3v) is 4.86. The van der Waals surface area contributed by atoms with Crippen molar-refractivity contribution in [2.24, 2.45) is 0 Å². The van der Waals surface area contributed by atoms with Crippen molar-refractivity contribution >= 4 is 22.9 Å². The molecule has 1 N–H and O–H groups in total. The first kappa shape index (κ1) is 15.6. The molecule has 0 aliphatic rings. The number of hydrogen-bond donors (Lipinski definition) is 1. The molecule has 1 unspecified atom stereocenters. The molecule has 0 spiro atoms. The quantitative estimate of drug-likeness (QED) is 0.870. The second-order valence-electron chi connectivity index (χ2n) is 6.02. The third kappa shape index (κ3) is 3.87. The van der Waals surface area contributed by atoms with Crippen LogP contribution in [0.3, 0.4) is 0 Å². The van der Waals surface area contributed by atoms with Crippen LogP contribution in [-0.4, -0.2) is 16.1 Å². The summed E-state index contributed by atoms with van der Waals surface area (Å²) in [5.41, 5.74) is 2.62. The molecule has 20 heavy (non-hydrogen) atoms. The van der Waals surface area contributed by atoms with E-state index in [0.717, 1.165) is 25.1 Å². The van der Waals surface area contributed by atoms with Crippen LogP contribution in [0.2, 0.25) is 0 Å². The lowest BCUT2D eigenvalue weighted by Gasteiger charge is -2.22. The van der Waals surface area contributed by atoms with Gasteiger partial charge in [0.1, 0.15) is 0 Å². The highest BCUT2D eigenvalue weighted by Crippen LogP contribution is 2.32. The van der Waals surface area contributed by atoms with E-state index in [1.165, 1.54) is 10.4 Å². The Hall–Kier alpha value is -0.780. The molecule has 110 valence electrons. The monoisotopic (exact) mass is 309 g/mol. The number of hydrogen-bond acceptors (Lipinski definition) is 5. The molecule has 3 nitrogen and oxygen atoms in total. The van der Waals surface area contributed by atoms with Gasteiger partial charge in [-0.2, -0.15) is 11.3 Å². The van der Waals surface area contributed by atoms with E-state index in [1.54, 1.807) is 22.9 Å². The van der Waals surface area contributed by atoms with Gasteiger partial charge < -0.3 is 5.32 Å². The summed E-state index contributed by atoms with van der Waals surface area (Å²) in [6, 6.07) is 2.57. The molecule has 2 aromatic heterocycles. The van der Waals surface area contributed by atoms with Gasteiger partial charge in [0.25, 0.3) is 0 Å². The minimum absolute atomic E-state index is 0.0540. The van der Waals surface area contributed by atoms with E-state index in [-0.39, 0.29) is 5.41 Å². The first-order valence-electron chi connectivity index (χ1n) is 7.09. The number of aromatic nitrogens is 2. The summed E-state index contributed by atoms with van der Waals surface area (Å²) in [7, 11) is 0. The molecule has 2 heterocycles. The highest BCUT2D eigenvalue weighted by Gasteiger charge is 2.26. The van der Waals surface area contributed by atoms with Gasteiger partial charge in [-0.05, 0) is 53.3 Å². The highest BCUT2D eigenvalue weighted by molar-refractivity contribution is 7.08. The first-order chi connectivity index (χ1) is 9.52. The van der Waals surface area contributed by atoms with Gasteiger partial charge in [0, 0.05) is 11.5 Å². The molecule has 0 aliphatic heterocycles. The summed E-state index contributed by atoms with van der Waals surface area (Å²) in [6.45, 7) is 9.73. The Morgan fingerprint density at radius 3 is 2.75 bits per heavy atom. The molecule has 0 amide bonds. The molecule has 0 bridgehead atoms. The minimum Gasteiger partial charge on any atom is -0.309 e. The second kappa shape index (κ2) is 6.78. The SMILES string of the molecule is CCNC(CCc1ccsc1)c1snnc1C(C)(C)C. The van der Waals surface area contributed by atoms with E-state index in [9.17, 15) is 0 Å². The zero-order valence-corrected chi connectivity index (χ0v) is 14.3. The maximum Gasteiger partial charge on any atom is 0.0857 e. The van der Waals surface area contributed by atoms with Crippen molar-refractivity contribution in [3.63, 3.8) is 0 Å². The van der Waals surface area contributed by atoms with Crippen LogP contribution in [0.1, 0.15) is 56.3 Å². The molecule has 0 saturated carbocycles. The molecular formula is C15H23N3S2. The van der Waals surface area contributed by atoms with Crippen LogP contribution in [0.5, 0.6) is 0 Å². The largest absolute Gasteiger partial charge is 0.309 e. The first-order valence-corrected chi connectivity index (χ1v) is 8.81. The molecular weight excluding hydrogens is 286 g/mol. The maximum atomic E-state index is 4.37. The van der Waals surface area contributed by atoms with Crippen LogP contribution < -0.4 is 5.32 Å². The van der Waals surface area contributed by atoms with Crippen molar-refractivity contribution in [3.8, 4) is 0 Å². The van der Waals surface area contributed by atoms with Gasteiger partial charge in [-0.1, -0.05) is 32.2 Å². The minimum atomic E-state index is 0.0540. The molecule has 5 heteroatoms. The van der Waals surface area contributed by atoms with Crippen molar-refractivity contribution < 1.29 is 0 Å². The summed E-state index contributed by atoms with van der Waals surface area (Å²) < 4.78 is 4.19. The topological polar surface area (TPSA) is 37.8 Å². The lowest BCUT2D eigenvalue weighted by Crippen LogP contribution is -2.24. The van der Waals surface area contributed by atoms with E-state index in [0.29, 0.717) is 6.04 Å². The van der Waals surface area contributed by atoms with Crippen LogP contribution in [0.4, 0.5) is 0 Å². The number of nitrogens with one attached hydrogen (secondary N) is 1. The van der Waals surface area contributed by atoms with Crippen molar-refractivity contribution in [1.82, 2.24) is 14.9 Å². The molecule has 0 aromatic carbocycles. The van der Waals surface area contributed by atoms with Crippen LogP contribution in [-0.2, 0) is 11.8 Å². The van der Waals surface area contributed by atoms with Crippen molar-refractivity contribution in [3.05, 3.63) is 33.0 Å². The summed E-state index contributed by atoms with van der Waals surface area (Å²) >= 11 is 3.31. The van der Waals surface area contributed by atoms with Gasteiger partial charge in [0.05, 0.1) is 10.6 Å². The van der Waals surface area contributed by atoms with Gasteiger partial charge in [-0.25, -0.2) is 0 Å². The van der Waals surface area contributed by atoms with Gasteiger partial charge in [0.15, 0.2) is 0 Å². The molecule has 0 radical (unpaired) electrons. The van der Waals surface area contributed by atoms with Gasteiger partial charge >= 0.3 is 0 Å². The second-order valence-corrected chi connectivity index (χ2v) is 7.58. The zero-order valence-electron chi connectivity index (χ0n) is 12.6. The Balaban J connectivity index is 2.14. The smallest absolute Gasteiger partial charge is 0.0857 e. The molecule has 2 rings (SSSR count). The molecule has 0 fully saturated rings. The van der Waals surface area contributed by atoms with Crippen LogP contribution in [0, 0.1) is 0 Å². The Morgan fingerprint density at radius 2 is 2.15 bits per heavy atom. The number of aryl methyl sites for hydroxylation is 1. The van der Waals surface area contributed by atoms with E-state index in [1.807, 2.05) is 0 Å². The van der Waals surface area contributed by atoms with Gasteiger partial charge in [-0.15, -0.1) is 5.10 Å². The molecule has 0 aliphatic carbocycles. The van der Waals surface area contributed by atoms with Crippen LogP contribution in [0.15, 0.2) is 16.8 Å². The fraction of sp³-hybridized carbons (Fsp3) is 0.600. The predicted molar refractivity (Wildman–Crippen MR) is 87.7 cm³/mol. The van der Waals surface area contributed by atoms with Crippen molar-refractivity contribution in [1.29, 1.82) is 0 Å². The lowest BCUT2D eigenvalue weighted by atomic mass is 9.89. The normalized spacial score (nSPS) is 13.6. The predicted octanol–water partition coefficient (Wildman–Crippen LogP) is 4.18. The van der Waals surface area contributed by atoms with E-state index in [4.69, 9.17) is 0 Å². The molecule has 1 atom stereocenters. The number of rotatable bonds is 6. The van der Waals surface area contributed by atoms with E-state index in [2.05, 4.69) is 59.4 Å². The maximum absolute atomic E-state index is 4.37. The van der Waals surface area contributed by atoms with Gasteiger partial charge in [-0.3, -0.25) is 0 Å². The average molecular weight is 310 g/mol. The Morgan fingerprint density at radius 1 is 1.35 bits per heavy atom. The summed E-state index contributed by atoms with van der Waals surface area (Å²) in [4.78, 5) is 1.30. The summed E-state index contributed by atoms with van der Waals surface area (Å²) in [6.07, 6.45) is 2.19. The number of nitrogens with zero attached hydrogens (tertiary/aromatic N) is 2. The molecule has 0 saturated heterocycles. The Labute approximate surface area is 129 Å². The van der Waals surface area contributed by atoms with Crippen LogP contribution >= 0.6 is 22.9 Å². The molecule has 2 aromatic rings. The highest BCUT2D eigenvalue weighted by atomic mass is 32.1. The summed E-state index contributed by atoms with van der Waals surface area (Å²) in [5, 5.41) is 12.3.